The first-order valence-electron chi connectivity index (χ1n) is 17.0. The van der Waals surface area contributed by atoms with Crippen molar-refractivity contribution in [3.8, 4) is 22.3 Å². The van der Waals surface area contributed by atoms with Crippen LogP contribution in [0, 0.1) is 0 Å². The normalized spacial score (nSPS) is 12.4. The van der Waals surface area contributed by atoms with Gasteiger partial charge < -0.3 is 14.8 Å². The predicted molar refractivity (Wildman–Crippen MR) is 207 cm³/mol. The smallest absolute Gasteiger partial charge is 0.234 e. The molecule has 266 valence electrons. The lowest BCUT2D eigenvalue weighted by atomic mass is 9.93. The molecule has 51 heavy (non-hydrogen) atoms. The summed E-state index contributed by atoms with van der Waals surface area (Å²) in [4.78, 5) is 17.1. The summed E-state index contributed by atoms with van der Waals surface area (Å²) in [6, 6.07) is 25.5. The molecule has 0 radical (unpaired) electrons. The Morgan fingerprint density at radius 2 is 1.51 bits per heavy atom. The molecule has 0 bridgehead atoms. The van der Waals surface area contributed by atoms with E-state index in [0.717, 1.165) is 64.7 Å². The zero-order chi connectivity index (χ0) is 36.2. The Balaban J connectivity index is 1.32. The van der Waals surface area contributed by atoms with Crippen molar-refractivity contribution in [2.45, 2.75) is 24.0 Å². The molecule has 0 aliphatic rings. The lowest BCUT2D eigenvalue weighted by Gasteiger charge is -2.24. The highest BCUT2D eigenvalue weighted by Crippen LogP contribution is 2.41. The van der Waals surface area contributed by atoms with Crippen LogP contribution in [0.5, 0.6) is 0 Å². The van der Waals surface area contributed by atoms with Crippen LogP contribution in [0.15, 0.2) is 108 Å². The Morgan fingerprint density at radius 3 is 2.20 bits per heavy atom. The second-order valence-electron chi connectivity index (χ2n) is 13.0. The predicted octanol–water partition coefficient (Wildman–Crippen LogP) is 6.46. The molecule has 3 aromatic heterocycles. The van der Waals surface area contributed by atoms with E-state index in [9.17, 15) is 16.8 Å². The summed E-state index contributed by atoms with van der Waals surface area (Å²) in [6.07, 6.45) is 5.85. The van der Waals surface area contributed by atoms with Gasteiger partial charge in [-0.1, -0.05) is 43.3 Å². The summed E-state index contributed by atoms with van der Waals surface area (Å²) in [7, 11) is -1.41. The van der Waals surface area contributed by atoms with Gasteiger partial charge in [-0.05, 0) is 98.8 Å². The molecule has 0 atom stereocenters. The number of aromatic nitrogens is 3. The highest BCUT2D eigenvalue weighted by molar-refractivity contribution is 7.92. The molecule has 6 rings (SSSR count). The fourth-order valence-electron chi connectivity index (χ4n) is 6.35. The molecule has 0 spiro atoms. The van der Waals surface area contributed by atoms with Gasteiger partial charge in [0.15, 0.2) is 9.84 Å². The van der Waals surface area contributed by atoms with Crippen molar-refractivity contribution in [1.29, 1.82) is 0 Å². The van der Waals surface area contributed by atoms with Crippen LogP contribution in [-0.2, 0) is 25.6 Å². The van der Waals surface area contributed by atoms with Crippen molar-refractivity contribution < 1.29 is 16.8 Å². The standard InChI is InChI=1S/C39H44N6O4S2/c1-5-45(24-23-43(2)3)22-9-25-51(48,49)44(4)32-15-13-30(14-16-32)35-27-41-39-38(37(35)31-18-20-40-21-19-31)34-26-29(12-17-36(34)42-39)28-50(46,47)33-10-7-6-8-11-33/h6-8,10-21,26-27H,5,9,22-25,28H2,1-4H3,(H,41,42). The number of anilines is 1. The van der Waals surface area contributed by atoms with Crippen LogP contribution in [0.2, 0.25) is 0 Å². The molecular formula is C39H44N6O4S2. The Hall–Kier alpha value is -4.62. The molecule has 12 heteroatoms. The van der Waals surface area contributed by atoms with Gasteiger partial charge in [0.1, 0.15) is 5.65 Å². The first-order chi connectivity index (χ1) is 24.5. The second kappa shape index (κ2) is 15.3. The molecule has 3 heterocycles. The monoisotopic (exact) mass is 724 g/mol. The number of nitrogens with zero attached hydrogens (tertiary/aromatic N) is 5. The molecular weight excluding hydrogens is 681 g/mol. The molecule has 6 aromatic rings. The lowest BCUT2D eigenvalue weighted by molar-refractivity contribution is 0.251. The molecule has 0 aliphatic carbocycles. The SMILES string of the molecule is CCN(CCCS(=O)(=O)N(C)c1ccc(-c2cnc3[nH]c4ccc(CS(=O)(=O)c5ccccc5)cc4c3c2-c2ccncc2)cc1)CCN(C)C. The van der Waals surface area contributed by atoms with Crippen LogP contribution in [0.25, 0.3) is 44.2 Å². The first-order valence-corrected chi connectivity index (χ1v) is 20.3. The van der Waals surface area contributed by atoms with Gasteiger partial charge in [0, 0.05) is 66.1 Å². The number of hydrogen-bond acceptors (Lipinski definition) is 8. The fourth-order valence-corrected chi connectivity index (χ4v) is 8.92. The van der Waals surface area contributed by atoms with Gasteiger partial charge in [-0.3, -0.25) is 9.29 Å². The highest BCUT2D eigenvalue weighted by Gasteiger charge is 2.22. The maximum Gasteiger partial charge on any atom is 0.234 e. The second-order valence-corrected chi connectivity index (χ2v) is 17.1. The highest BCUT2D eigenvalue weighted by atomic mass is 32.2. The van der Waals surface area contributed by atoms with Crippen LogP contribution in [0.4, 0.5) is 5.69 Å². The molecule has 0 fully saturated rings. The number of sulfone groups is 1. The van der Waals surface area contributed by atoms with Crippen molar-refractivity contribution >= 4 is 47.5 Å². The quantitative estimate of drug-likeness (QED) is 0.128. The largest absolute Gasteiger partial charge is 0.339 e. The van der Waals surface area contributed by atoms with Crippen LogP contribution >= 0.6 is 0 Å². The molecule has 0 aliphatic heterocycles. The average Bonchev–Trinajstić information content (AvgIpc) is 3.51. The number of nitrogens with one attached hydrogen (secondary N) is 1. The Bertz CT molecular complexity index is 2330. The van der Waals surface area contributed by atoms with Crippen LogP contribution in [0.3, 0.4) is 0 Å². The summed E-state index contributed by atoms with van der Waals surface area (Å²) in [5, 5.41) is 1.72. The first kappa shape index (κ1) is 36.2. The molecule has 10 nitrogen and oxygen atoms in total. The zero-order valence-electron chi connectivity index (χ0n) is 29.5. The molecule has 0 amide bonds. The third kappa shape index (κ3) is 8.15. The lowest BCUT2D eigenvalue weighted by Crippen LogP contribution is -2.34. The molecule has 1 N–H and O–H groups in total. The summed E-state index contributed by atoms with van der Waals surface area (Å²) in [6.45, 7) is 5.53. The number of pyridine rings is 2. The van der Waals surface area contributed by atoms with Crippen molar-refractivity contribution in [3.05, 3.63) is 109 Å². The van der Waals surface area contributed by atoms with Crippen LogP contribution in [0.1, 0.15) is 18.9 Å². The maximum atomic E-state index is 13.3. The van der Waals surface area contributed by atoms with E-state index in [1.165, 1.54) is 4.31 Å². The van der Waals surface area contributed by atoms with Crippen molar-refractivity contribution in [1.82, 2.24) is 24.8 Å². The summed E-state index contributed by atoms with van der Waals surface area (Å²) >= 11 is 0. The van der Waals surface area contributed by atoms with E-state index >= 15 is 0 Å². The third-order valence-corrected chi connectivity index (χ3v) is 12.8. The number of rotatable bonds is 15. The molecule has 0 saturated carbocycles. The average molecular weight is 725 g/mol. The van der Waals surface area contributed by atoms with Gasteiger partial charge in [-0.15, -0.1) is 0 Å². The maximum absolute atomic E-state index is 13.3. The third-order valence-electron chi connectivity index (χ3n) is 9.26. The van der Waals surface area contributed by atoms with E-state index in [2.05, 4.69) is 26.7 Å². The van der Waals surface area contributed by atoms with E-state index in [1.54, 1.807) is 49.8 Å². The minimum absolute atomic E-state index is 0.0612. The topological polar surface area (TPSA) is 120 Å². The minimum atomic E-state index is -3.55. The van der Waals surface area contributed by atoms with Crippen molar-refractivity contribution in [2.24, 2.45) is 0 Å². The van der Waals surface area contributed by atoms with Gasteiger partial charge in [0.25, 0.3) is 0 Å². The van der Waals surface area contributed by atoms with E-state index < -0.39 is 19.9 Å². The zero-order valence-corrected chi connectivity index (χ0v) is 31.1. The number of hydrogen-bond donors (Lipinski definition) is 1. The summed E-state index contributed by atoms with van der Waals surface area (Å²) in [5.41, 5.74) is 6.32. The van der Waals surface area contributed by atoms with Crippen molar-refractivity contribution in [3.63, 3.8) is 0 Å². The van der Waals surface area contributed by atoms with Gasteiger partial charge in [-0.2, -0.15) is 0 Å². The van der Waals surface area contributed by atoms with Crippen LogP contribution in [-0.4, -0.2) is 94.7 Å². The van der Waals surface area contributed by atoms with Gasteiger partial charge >= 0.3 is 0 Å². The summed E-state index contributed by atoms with van der Waals surface area (Å²) < 4.78 is 54.6. The van der Waals surface area contributed by atoms with E-state index in [-0.39, 0.29) is 16.4 Å². The van der Waals surface area contributed by atoms with Gasteiger partial charge in [-0.25, -0.2) is 21.8 Å². The van der Waals surface area contributed by atoms with Crippen molar-refractivity contribution in [2.75, 3.05) is 57.4 Å². The van der Waals surface area contributed by atoms with Gasteiger partial charge in [0.05, 0.1) is 22.1 Å². The fraction of sp³-hybridized carbons (Fsp3) is 0.282. The molecule has 0 unspecified atom stereocenters. The number of H-pyrrole nitrogens is 1. The number of fused-ring (bicyclic) bond motifs is 3. The van der Waals surface area contributed by atoms with Gasteiger partial charge in [0.2, 0.25) is 10.0 Å². The number of aromatic amines is 1. The number of benzene rings is 3. The number of likely N-dealkylation sites (N-methyl/N-ethyl adjacent to an activating group) is 2. The molecule has 3 aromatic carbocycles. The number of sulfonamides is 1. The Kier molecular flexibility index (Phi) is 10.9. The Labute approximate surface area is 300 Å². The molecule has 0 saturated heterocycles. The minimum Gasteiger partial charge on any atom is -0.339 e. The Morgan fingerprint density at radius 1 is 0.784 bits per heavy atom. The summed E-state index contributed by atoms with van der Waals surface area (Å²) in [5.74, 6) is -0.0752. The van der Waals surface area contributed by atoms with E-state index in [1.807, 2.05) is 74.9 Å². The van der Waals surface area contributed by atoms with E-state index in [4.69, 9.17) is 4.98 Å². The van der Waals surface area contributed by atoms with Crippen LogP contribution < -0.4 is 4.31 Å². The van der Waals surface area contributed by atoms with E-state index in [0.29, 0.717) is 23.3 Å².